The fourth-order valence-electron chi connectivity index (χ4n) is 1.51. The maximum atomic E-state index is 10.9. The summed E-state index contributed by atoms with van der Waals surface area (Å²) in [5.74, 6) is 0. The number of aldehydes is 1. The number of ether oxygens (including phenoxy) is 2. The van der Waals surface area contributed by atoms with Gasteiger partial charge >= 0.3 is 0 Å². The molecule has 0 bridgehead atoms. The first-order valence-electron chi connectivity index (χ1n) is 4.36. The Kier molecular flexibility index (Phi) is 3.69. The lowest BCUT2D eigenvalue weighted by atomic mass is 9.79. The van der Waals surface area contributed by atoms with E-state index in [4.69, 9.17) is 9.47 Å². The number of methoxy groups -OCH3 is 1. The average Bonchev–Trinajstić information content (AvgIpc) is 2.16. The van der Waals surface area contributed by atoms with Crippen LogP contribution in [0, 0.1) is 5.41 Å². The summed E-state index contributed by atoms with van der Waals surface area (Å²) in [5, 5.41) is 0. The lowest BCUT2D eigenvalue weighted by Gasteiger charge is -2.31. The summed E-state index contributed by atoms with van der Waals surface area (Å²) in [6.45, 7) is 2.09. The minimum absolute atomic E-state index is 0.158. The van der Waals surface area contributed by atoms with Crippen LogP contribution in [0.4, 0.5) is 0 Å². The zero-order chi connectivity index (χ0) is 8.86. The number of carbonyl (C=O) groups is 1. The predicted octanol–water partition coefficient (Wildman–Crippen LogP) is 1.02. The lowest BCUT2D eigenvalue weighted by molar-refractivity contribution is -0.122. The summed E-state index contributed by atoms with van der Waals surface area (Å²) in [7, 11) is 1.66. The standard InChI is InChI=1S/C9H16O3/c1-11-5-2-9(8-10)3-6-12-7-4-9/h8H,2-7H2,1H3. The van der Waals surface area contributed by atoms with Crippen LogP contribution in [0.25, 0.3) is 0 Å². The quantitative estimate of drug-likeness (QED) is 0.594. The van der Waals surface area contributed by atoms with Crippen LogP contribution in [0.2, 0.25) is 0 Å². The lowest BCUT2D eigenvalue weighted by Crippen LogP contribution is -2.32. The summed E-state index contributed by atoms with van der Waals surface area (Å²) < 4.78 is 10.2. The molecule has 0 saturated carbocycles. The fourth-order valence-corrected chi connectivity index (χ4v) is 1.51. The first kappa shape index (κ1) is 9.68. The van der Waals surface area contributed by atoms with Crippen molar-refractivity contribution in [3.8, 4) is 0 Å². The third-order valence-corrected chi connectivity index (χ3v) is 2.54. The Hall–Kier alpha value is -0.410. The minimum Gasteiger partial charge on any atom is -0.385 e. The third-order valence-electron chi connectivity index (χ3n) is 2.54. The number of carbonyl (C=O) groups excluding carboxylic acids is 1. The molecule has 0 aromatic heterocycles. The van der Waals surface area contributed by atoms with Gasteiger partial charge in [-0.2, -0.15) is 0 Å². The van der Waals surface area contributed by atoms with Crippen molar-refractivity contribution < 1.29 is 14.3 Å². The van der Waals surface area contributed by atoms with E-state index in [1.165, 1.54) is 0 Å². The van der Waals surface area contributed by atoms with Crippen molar-refractivity contribution in [1.82, 2.24) is 0 Å². The molecule has 0 amide bonds. The summed E-state index contributed by atoms with van der Waals surface area (Å²) in [4.78, 5) is 10.9. The average molecular weight is 172 g/mol. The molecular formula is C9H16O3. The zero-order valence-corrected chi connectivity index (χ0v) is 7.54. The Labute approximate surface area is 73.0 Å². The van der Waals surface area contributed by atoms with E-state index in [0.717, 1.165) is 25.5 Å². The van der Waals surface area contributed by atoms with Gasteiger partial charge in [-0.05, 0) is 19.3 Å². The highest BCUT2D eigenvalue weighted by Crippen LogP contribution is 2.31. The first-order chi connectivity index (χ1) is 5.83. The largest absolute Gasteiger partial charge is 0.385 e. The number of hydrogen-bond donors (Lipinski definition) is 0. The van der Waals surface area contributed by atoms with Gasteiger partial charge in [0.2, 0.25) is 0 Å². The van der Waals surface area contributed by atoms with Crippen molar-refractivity contribution in [2.75, 3.05) is 26.9 Å². The van der Waals surface area contributed by atoms with Crippen LogP contribution in [0.1, 0.15) is 19.3 Å². The van der Waals surface area contributed by atoms with E-state index in [2.05, 4.69) is 0 Å². The van der Waals surface area contributed by atoms with Gasteiger partial charge in [-0.1, -0.05) is 0 Å². The molecule has 0 unspecified atom stereocenters. The van der Waals surface area contributed by atoms with E-state index in [1.54, 1.807) is 7.11 Å². The Morgan fingerprint density at radius 1 is 1.50 bits per heavy atom. The zero-order valence-electron chi connectivity index (χ0n) is 7.54. The molecule has 0 aromatic rings. The van der Waals surface area contributed by atoms with Crippen LogP contribution in [-0.4, -0.2) is 33.2 Å². The van der Waals surface area contributed by atoms with E-state index in [0.29, 0.717) is 19.8 Å². The molecule has 1 saturated heterocycles. The molecule has 1 heterocycles. The molecule has 0 spiro atoms. The Morgan fingerprint density at radius 2 is 2.17 bits per heavy atom. The van der Waals surface area contributed by atoms with Crippen LogP contribution in [0.3, 0.4) is 0 Å². The van der Waals surface area contributed by atoms with Crippen molar-refractivity contribution in [3.63, 3.8) is 0 Å². The van der Waals surface area contributed by atoms with Crippen LogP contribution in [0.5, 0.6) is 0 Å². The number of rotatable bonds is 4. The van der Waals surface area contributed by atoms with Gasteiger partial charge in [0.15, 0.2) is 0 Å². The smallest absolute Gasteiger partial charge is 0.126 e. The van der Waals surface area contributed by atoms with Gasteiger partial charge in [0, 0.05) is 32.3 Å². The molecule has 1 aliphatic rings. The SMILES string of the molecule is COCCC1(C=O)CCOCC1. The van der Waals surface area contributed by atoms with Crippen LogP contribution in [-0.2, 0) is 14.3 Å². The molecule has 0 aromatic carbocycles. The van der Waals surface area contributed by atoms with Gasteiger partial charge in [-0.3, -0.25) is 0 Å². The predicted molar refractivity (Wildman–Crippen MR) is 45.0 cm³/mol. The highest BCUT2D eigenvalue weighted by Gasteiger charge is 2.31. The monoisotopic (exact) mass is 172 g/mol. The van der Waals surface area contributed by atoms with Gasteiger partial charge < -0.3 is 14.3 Å². The fraction of sp³-hybridized carbons (Fsp3) is 0.889. The Morgan fingerprint density at radius 3 is 2.67 bits per heavy atom. The number of hydrogen-bond acceptors (Lipinski definition) is 3. The second-order valence-electron chi connectivity index (χ2n) is 3.34. The molecule has 1 fully saturated rings. The van der Waals surface area contributed by atoms with E-state index in [1.807, 2.05) is 0 Å². The van der Waals surface area contributed by atoms with Gasteiger partial charge in [0.25, 0.3) is 0 Å². The van der Waals surface area contributed by atoms with Gasteiger partial charge in [-0.15, -0.1) is 0 Å². The maximum absolute atomic E-state index is 10.9. The summed E-state index contributed by atoms with van der Waals surface area (Å²) in [5.41, 5.74) is -0.158. The van der Waals surface area contributed by atoms with Crippen molar-refractivity contribution in [2.24, 2.45) is 5.41 Å². The van der Waals surface area contributed by atoms with Crippen LogP contribution >= 0.6 is 0 Å². The van der Waals surface area contributed by atoms with Gasteiger partial charge in [0.1, 0.15) is 6.29 Å². The molecule has 0 aliphatic carbocycles. The molecular weight excluding hydrogens is 156 g/mol. The Bertz CT molecular complexity index is 139. The molecule has 12 heavy (non-hydrogen) atoms. The van der Waals surface area contributed by atoms with Crippen LogP contribution in [0.15, 0.2) is 0 Å². The molecule has 3 heteroatoms. The summed E-state index contributed by atoms with van der Waals surface area (Å²) in [6.07, 6.45) is 3.60. The maximum Gasteiger partial charge on any atom is 0.126 e. The topological polar surface area (TPSA) is 35.5 Å². The second kappa shape index (κ2) is 4.58. The van der Waals surface area contributed by atoms with Crippen molar-refractivity contribution >= 4 is 6.29 Å². The summed E-state index contributed by atoms with van der Waals surface area (Å²) >= 11 is 0. The van der Waals surface area contributed by atoms with Crippen molar-refractivity contribution in [3.05, 3.63) is 0 Å². The van der Waals surface area contributed by atoms with Crippen LogP contribution < -0.4 is 0 Å². The van der Waals surface area contributed by atoms with Crippen molar-refractivity contribution in [1.29, 1.82) is 0 Å². The van der Waals surface area contributed by atoms with E-state index in [-0.39, 0.29) is 5.41 Å². The molecule has 1 aliphatic heterocycles. The molecule has 0 radical (unpaired) electrons. The van der Waals surface area contributed by atoms with Gasteiger partial charge in [0.05, 0.1) is 0 Å². The second-order valence-corrected chi connectivity index (χ2v) is 3.34. The molecule has 0 atom stereocenters. The molecule has 0 N–H and O–H groups in total. The van der Waals surface area contributed by atoms with Gasteiger partial charge in [-0.25, -0.2) is 0 Å². The first-order valence-corrected chi connectivity index (χ1v) is 4.36. The highest BCUT2D eigenvalue weighted by atomic mass is 16.5. The third kappa shape index (κ3) is 2.29. The van der Waals surface area contributed by atoms with Crippen molar-refractivity contribution in [2.45, 2.75) is 19.3 Å². The Balaban J connectivity index is 2.42. The molecule has 70 valence electrons. The summed E-state index contributed by atoms with van der Waals surface area (Å²) in [6, 6.07) is 0. The van der Waals surface area contributed by atoms with E-state index in [9.17, 15) is 4.79 Å². The highest BCUT2D eigenvalue weighted by molar-refractivity contribution is 5.59. The normalized spacial score (nSPS) is 22.1. The van der Waals surface area contributed by atoms with E-state index < -0.39 is 0 Å². The van der Waals surface area contributed by atoms with E-state index >= 15 is 0 Å². The molecule has 1 rings (SSSR count). The minimum atomic E-state index is -0.158. The molecule has 3 nitrogen and oxygen atoms in total.